The summed E-state index contributed by atoms with van der Waals surface area (Å²) in [6, 6.07) is 6.00. The molecule has 1 amide bonds. The van der Waals surface area contributed by atoms with Gasteiger partial charge in [0.1, 0.15) is 0 Å². The zero-order valence-corrected chi connectivity index (χ0v) is 11.6. The Hall–Kier alpha value is -1.55. The van der Waals surface area contributed by atoms with Gasteiger partial charge in [0.2, 0.25) is 5.91 Å². The van der Waals surface area contributed by atoms with E-state index in [1.165, 1.54) is 0 Å². The maximum absolute atomic E-state index is 11.3. The minimum Gasteiger partial charge on any atom is -0.382 e. The van der Waals surface area contributed by atoms with Gasteiger partial charge < -0.3 is 15.8 Å². The molecule has 0 radical (unpaired) electrons. The van der Waals surface area contributed by atoms with E-state index in [0.29, 0.717) is 17.5 Å². The number of carbonyl (C=O) groups excluding carboxylic acids is 1. The maximum Gasteiger partial charge on any atom is 0.249 e. The molecule has 0 saturated carbocycles. The highest BCUT2D eigenvalue weighted by Crippen LogP contribution is 2.24. The van der Waals surface area contributed by atoms with Crippen molar-refractivity contribution in [2.45, 2.75) is 32.7 Å². The fraction of sp³-hybridized carbons (Fsp3) is 0.533. The van der Waals surface area contributed by atoms with E-state index in [1.807, 2.05) is 19.1 Å². The summed E-state index contributed by atoms with van der Waals surface area (Å²) in [7, 11) is 0. The Labute approximate surface area is 114 Å². The first-order chi connectivity index (χ1) is 9.09. The summed E-state index contributed by atoms with van der Waals surface area (Å²) in [4.78, 5) is 11.3. The minimum atomic E-state index is -0.375. The Balaban J connectivity index is 2.10. The third-order valence-corrected chi connectivity index (χ3v) is 3.96. The van der Waals surface area contributed by atoms with Gasteiger partial charge in [0.15, 0.2) is 0 Å². The van der Waals surface area contributed by atoms with Gasteiger partial charge in [-0.25, -0.2) is 0 Å². The molecule has 1 aliphatic rings. The van der Waals surface area contributed by atoms with Gasteiger partial charge in [-0.1, -0.05) is 6.07 Å². The quantitative estimate of drug-likeness (QED) is 0.875. The second-order valence-electron chi connectivity index (χ2n) is 5.23. The van der Waals surface area contributed by atoms with Crippen LogP contribution < -0.4 is 11.1 Å². The summed E-state index contributed by atoms with van der Waals surface area (Å²) in [5, 5.41) is 3.51. The molecular weight excluding hydrogens is 240 g/mol. The van der Waals surface area contributed by atoms with Crippen LogP contribution in [0.25, 0.3) is 0 Å². The Morgan fingerprint density at radius 2 is 2.11 bits per heavy atom. The standard InChI is InChI=1S/C15H22N2O2/c1-10-13(15(16)18)4-3-5-14(10)17-11(2)12-6-8-19-9-7-12/h3-5,11-12,17H,6-9H2,1-2H3,(H2,16,18)/t11-/m1/s1. The highest BCUT2D eigenvalue weighted by molar-refractivity contribution is 5.95. The first-order valence-corrected chi connectivity index (χ1v) is 6.83. The number of hydrogen-bond donors (Lipinski definition) is 2. The molecule has 0 aliphatic carbocycles. The topological polar surface area (TPSA) is 64.3 Å². The molecule has 4 nitrogen and oxygen atoms in total. The fourth-order valence-corrected chi connectivity index (χ4v) is 2.64. The van der Waals surface area contributed by atoms with Crippen LogP contribution in [0.1, 0.15) is 35.7 Å². The van der Waals surface area contributed by atoms with Gasteiger partial charge in [0.05, 0.1) is 0 Å². The summed E-state index contributed by atoms with van der Waals surface area (Å²) < 4.78 is 5.39. The van der Waals surface area contributed by atoms with Crippen molar-refractivity contribution in [3.8, 4) is 0 Å². The normalized spacial score (nSPS) is 18.0. The lowest BCUT2D eigenvalue weighted by molar-refractivity contribution is 0.0622. The van der Waals surface area contributed by atoms with E-state index in [2.05, 4.69) is 12.2 Å². The van der Waals surface area contributed by atoms with Crippen molar-refractivity contribution in [3.63, 3.8) is 0 Å². The molecular formula is C15H22N2O2. The first-order valence-electron chi connectivity index (χ1n) is 6.83. The molecule has 19 heavy (non-hydrogen) atoms. The van der Waals surface area contributed by atoms with E-state index in [0.717, 1.165) is 37.3 Å². The summed E-state index contributed by atoms with van der Waals surface area (Å²) in [6.07, 6.45) is 2.17. The van der Waals surface area contributed by atoms with E-state index < -0.39 is 0 Å². The summed E-state index contributed by atoms with van der Waals surface area (Å²) in [5.74, 6) is 0.241. The third-order valence-electron chi connectivity index (χ3n) is 3.96. The number of anilines is 1. The highest BCUT2D eigenvalue weighted by Gasteiger charge is 2.21. The molecule has 0 aromatic heterocycles. The van der Waals surface area contributed by atoms with Crippen LogP contribution in [0.2, 0.25) is 0 Å². The van der Waals surface area contributed by atoms with Crippen LogP contribution in [0.5, 0.6) is 0 Å². The second kappa shape index (κ2) is 6.06. The van der Waals surface area contributed by atoms with E-state index in [4.69, 9.17) is 10.5 Å². The number of benzene rings is 1. The van der Waals surface area contributed by atoms with Crippen molar-refractivity contribution in [2.75, 3.05) is 18.5 Å². The van der Waals surface area contributed by atoms with Gasteiger partial charge in [-0.2, -0.15) is 0 Å². The minimum absolute atomic E-state index is 0.366. The van der Waals surface area contributed by atoms with Crippen LogP contribution in [-0.4, -0.2) is 25.2 Å². The largest absolute Gasteiger partial charge is 0.382 e. The van der Waals surface area contributed by atoms with Crippen LogP contribution in [-0.2, 0) is 4.74 Å². The van der Waals surface area contributed by atoms with Crippen LogP contribution in [0.3, 0.4) is 0 Å². The number of nitrogens with one attached hydrogen (secondary N) is 1. The zero-order chi connectivity index (χ0) is 13.8. The van der Waals surface area contributed by atoms with Gasteiger partial charge in [0.25, 0.3) is 0 Å². The molecule has 0 bridgehead atoms. The molecule has 0 unspecified atom stereocenters. The average Bonchev–Trinajstić information content (AvgIpc) is 2.41. The number of hydrogen-bond acceptors (Lipinski definition) is 3. The first kappa shape index (κ1) is 13.9. The average molecular weight is 262 g/mol. The predicted octanol–water partition coefficient (Wildman–Crippen LogP) is 2.32. The molecule has 2 rings (SSSR count). The number of rotatable bonds is 4. The summed E-state index contributed by atoms with van der Waals surface area (Å²) >= 11 is 0. The molecule has 1 saturated heterocycles. The summed E-state index contributed by atoms with van der Waals surface area (Å²) in [5.41, 5.74) is 7.88. The van der Waals surface area contributed by atoms with Gasteiger partial charge in [-0.05, 0) is 50.3 Å². The van der Waals surface area contributed by atoms with Crippen LogP contribution in [0.4, 0.5) is 5.69 Å². The van der Waals surface area contributed by atoms with Crippen molar-refractivity contribution in [1.29, 1.82) is 0 Å². The van der Waals surface area contributed by atoms with E-state index in [9.17, 15) is 4.79 Å². The molecule has 1 aliphatic heterocycles. The fourth-order valence-electron chi connectivity index (χ4n) is 2.64. The second-order valence-corrected chi connectivity index (χ2v) is 5.23. The van der Waals surface area contributed by atoms with Gasteiger partial charge in [-0.15, -0.1) is 0 Å². The number of amides is 1. The lowest BCUT2D eigenvalue weighted by Crippen LogP contribution is -2.31. The van der Waals surface area contributed by atoms with E-state index in [1.54, 1.807) is 6.07 Å². The molecule has 1 atom stereocenters. The van der Waals surface area contributed by atoms with Gasteiger partial charge in [0, 0.05) is 30.5 Å². The molecule has 4 heteroatoms. The predicted molar refractivity (Wildman–Crippen MR) is 76.3 cm³/mol. The monoisotopic (exact) mass is 262 g/mol. The van der Waals surface area contributed by atoms with Crippen molar-refractivity contribution in [2.24, 2.45) is 11.7 Å². The number of nitrogens with two attached hydrogens (primary N) is 1. The maximum atomic E-state index is 11.3. The molecule has 3 N–H and O–H groups in total. The number of carbonyl (C=O) groups is 1. The van der Waals surface area contributed by atoms with Crippen molar-refractivity contribution >= 4 is 11.6 Å². The van der Waals surface area contributed by atoms with Gasteiger partial charge >= 0.3 is 0 Å². The van der Waals surface area contributed by atoms with Crippen molar-refractivity contribution in [1.82, 2.24) is 0 Å². The Morgan fingerprint density at radius 1 is 1.42 bits per heavy atom. The van der Waals surface area contributed by atoms with Gasteiger partial charge in [-0.3, -0.25) is 4.79 Å². The molecule has 1 aromatic carbocycles. The Kier molecular flexibility index (Phi) is 4.43. The molecule has 1 fully saturated rings. The highest BCUT2D eigenvalue weighted by atomic mass is 16.5. The van der Waals surface area contributed by atoms with Crippen LogP contribution in [0, 0.1) is 12.8 Å². The van der Waals surface area contributed by atoms with Crippen molar-refractivity contribution < 1.29 is 9.53 Å². The smallest absolute Gasteiger partial charge is 0.249 e. The SMILES string of the molecule is Cc1c(N[C@H](C)C2CCOCC2)cccc1C(N)=O. The molecule has 0 spiro atoms. The van der Waals surface area contributed by atoms with E-state index in [-0.39, 0.29) is 5.91 Å². The summed E-state index contributed by atoms with van der Waals surface area (Å²) in [6.45, 7) is 5.81. The Morgan fingerprint density at radius 3 is 2.74 bits per heavy atom. The lowest BCUT2D eigenvalue weighted by atomic mass is 9.92. The van der Waals surface area contributed by atoms with E-state index >= 15 is 0 Å². The molecule has 104 valence electrons. The third kappa shape index (κ3) is 3.26. The van der Waals surface area contributed by atoms with Crippen molar-refractivity contribution in [3.05, 3.63) is 29.3 Å². The van der Waals surface area contributed by atoms with Crippen LogP contribution in [0.15, 0.2) is 18.2 Å². The van der Waals surface area contributed by atoms with Crippen LogP contribution >= 0.6 is 0 Å². The molecule has 1 aromatic rings. The molecule has 1 heterocycles. The lowest BCUT2D eigenvalue weighted by Gasteiger charge is -2.29. The Bertz CT molecular complexity index is 453. The zero-order valence-electron chi connectivity index (χ0n) is 11.6. The number of primary amides is 1. The number of ether oxygens (including phenoxy) is 1.